The summed E-state index contributed by atoms with van der Waals surface area (Å²) in [7, 11) is 0. The van der Waals surface area contributed by atoms with Crippen LogP contribution in [-0.2, 0) is 11.3 Å². The molecule has 164 valence electrons. The van der Waals surface area contributed by atoms with Crippen LogP contribution in [-0.4, -0.2) is 31.4 Å². The number of carbonyl (C=O) groups excluding carboxylic acids is 1. The van der Waals surface area contributed by atoms with Gasteiger partial charge in [0.05, 0.1) is 11.4 Å². The number of thioether (sulfide) groups is 1. The Hall–Kier alpha value is -2.68. The third-order valence-electron chi connectivity index (χ3n) is 5.00. The normalized spacial score (nSPS) is 11.0. The van der Waals surface area contributed by atoms with Crippen LogP contribution in [0.4, 0.5) is 5.13 Å². The molecule has 2 aromatic carbocycles. The summed E-state index contributed by atoms with van der Waals surface area (Å²) in [6.07, 6.45) is 0. The summed E-state index contributed by atoms with van der Waals surface area (Å²) in [6, 6.07) is 13.7. The molecule has 32 heavy (non-hydrogen) atoms. The van der Waals surface area contributed by atoms with Crippen molar-refractivity contribution in [3.63, 3.8) is 0 Å². The van der Waals surface area contributed by atoms with E-state index in [0.29, 0.717) is 21.9 Å². The van der Waals surface area contributed by atoms with Gasteiger partial charge >= 0.3 is 0 Å². The fraction of sp³-hybridized carbons (Fsp3) is 0.217. The molecule has 9 heteroatoms. The van der Waals surface area contributed by atoms with Gasteiger partial charge in [-0.1, -0.05) is 47.6 Å². The zero-order valence-electron chi connectivity index (χ0n) is 17.9. The number of aryl methyl sites for hydroxylation is 2. The quantitative estimate of drug-likeness (QED) is 0.322. The molecular weight excluding hydrogens is 462 g/mol. The van der Waals surface area contributed by atoms with Crippen molar-refractivity contribution in [2.45, 2.75) is 32.5 Å². The Bertz CT molecular complexity index is 1270. The highest BCUT2D eigenvalue weighted by Gasteiger charge is 2.16. The Balaban J connectivity index is 1.40. The third-order valence-corrected chi connectivity index (χ3v) is 6.96. The van der Waals surface area contributed by atoms with E-state index in [0.717, 1.165) is 22.6 Å². The lowest BCUT2D eigenvalue weighted by Crippen LogP contribution is -2.14. The molecule has 0 aliphatic rings. The minimum absolute atomic E-state index is 0.133. The lowest BCUT2D eigenvalue weighted by atomic mass is 10.1. The molecule has 0 saturated carbocycles. The number of benzene rings is 2. The van der Waals surface area contributed by atoms with E-state index in [1.165, 1.54) is 34.2 Å². The number of hydrogen-bond donors (Lipinski definition) is 1. The van der Waals surface area contributed by atoms with Crippen LogP contribution in [0.15, 0.2) is 53.0 Å². The van der Waals surface area contributed by atoms with Crippen LogP contribution < -0.4 is 5.32 Å². The van der Waals surface area contributed by atoms with E-state index < -0.39 is 0 Å². The fourth-order valence-electron chi connectivity index (χ4n) is 3.17. The molecule has 1 amide bonds. The molecule has 0 fully saturated rings. The number of aromatic nitrogens is 4. The van der Waals surface area contributed by atoms with Gasteiger partial charge in [0.2, 0.25) is 5.91 Å². The molecular formula is C23H22ClN5OS2. The number of hydrogen-bond acceptors (Lipinski definition) is 6. The van der Waals surface area contributed by atoms with Crippen molar-refractivity contribution in [2.24, 2.45) is 0 Å². The Morgan fingerprint density at radius 2 is 1.97 bits per heavy atom. The van der Waals surface area contributed by atoms with Crippen molar-refractivity contribution in [3.05, 3.63) is 64.0 Å². The van der Waals surface area contributed by atoms with Crippen molar-refractivity contribution >= 4 is 45.7 Å². The number of halogens is 1. The molecule has 2 aromatic heterocycles. The van der Waals surface area contributed by atoms with Crippen molar-refractivity contribution < 1.29 is 4.79 Å². The van der Waals surface area contributed by atoms with E-state index >= 15 is 0 Å². The number of nitrogens with one attached hydrogen (secondary N) is 1. The van der Waals surface area contributed by atoms with Gasteiger partial charge in [0, 0.05) is 28.1 Å². The molecule has 0 atom stereocenters. The lowest BCUT2D eigenvalue weighted by Gasteiger charge is -2.07. The predicted molar refractivity (Wildman–Crippen MR) is 133 cm³/mol. The molecule has 6 nitrogen and oxygen atoms in total. The molecule has 0 aliphatic carbocycles. The van der Waals surface area contributed by atoms with Gasteiger partial charge in [0.25, 0.3) is 0 Å². The second-order valence-corrected chi connectivity index (χ2v) is 9.47. The van der Waals surface area contributed by atoms with E-state index in [4.69, 9.17) is 11.6 Å². The van der Waals surface area contributed by atoms with E-state index in [-0.39, 0.29) is 11.7 Å². The standard InChI is InChI=1S/C23H22ClN5OS2/c1-4-29-21(17-6-5-7-18(24)11-17)27-28-23(29)32-13-20(30)26-22-25-19(12-31-22)16-9-8-14(2)15(3)10-16/h5-12H,4,13H2,1-3H3,(H,25,26,30). The average molecular weight is 484 g/mol. The molecule has 0 saturated heterocycles. The summed E-state index contributed by atoms with van der Waals surface area (Å²) in [5.41, 5.74) is 5.26. The van der Waals surface area contributed by atoms with Gasteiger partial charge in [0.1, 0.15) is 0 Å². The molecule has 0 spiro atoms. The first-order valence-electron chi connectivity index (χ1n) is 10.1. The maximum absolute atomic E-state index is 12.5. The zero-order chi connectivity index (χ0) is 22.7. The van der Waals surface area contributed by atoms with E-state index in [1.54, 1.807) is 0 Å². The predicted octanol–water partition coefficient (Wildman–Crippen LogP) is 6.09. The minimum Gasteiger partial charge on any atom is -0.302 e. The third kappa shape index (κ3) is 5.03. The summed E-state index contributed by atoms with van der Waals surface area (Å²) in [4.78, 5) is 17.1. The van der Waals surface area contributed by atoms with Gasteiger partial charge in [-0.2, -0.15) is 0 Å². The first kappa shape index (κ1) is 22.5. The molecule has 0 unspecified atom stereocenters. The number of thiazole rings is 1. The minimum atomic E-state index is -0.133. The van der Waals surface area contributed by atoms with E-state index in [9.17, 15) is 4.79 Å². The number of nitrogens with zero attached hydrogens (tertiary/aromatic N) is 4. The fourth-order valence-corrected chi connectivity index (χ4v) is 4.90. The highest BCUT2D eigenvalue weighted by atomic mass is 35.5. The zero-order valence-corrected chi connectivity index (χ0v) is 20.3. The topological polar surface area (TPSA) is 72.7 Å². The van der Waals surface area contributed by atoms with Crippen molar-refractivity contribution in [3.8, 4) is 22.6 Å². The van der Waals surface area contributed by atoms with Gasteiger partial charge in [-0.25, -0.2) is 4.98 Å². The van der Waals surface area contributed by atoms with Crippen LogP contribution in [0.1, 0.15) is 18.1 Å². The molecule has 0 radical (unpaired) electrons. The summed E-state index contributed by atoms with van der Waals surface area (Å²) in [6.45, 7) is 6.87. The maximum atomic E-state index is 12.5. The van der Waals surface area contributed by atoms with Crippen LogP contribution in [0.5, 0.6) is 0 Å². The first-order chi connectivity index (χ1) is 15.4. The SMILES string of the molecule is CCn1c(SCC(=O)Nc2nc(-c3ccc(C)c(C)c3)cs2)nnc1-c1cccc(Cl)c1. The second kappa shape index (κ2) is 9.85. The molecule has 0 aliphatic heterocycles. The van der Waals surface area contributed by atoms with Crippen molar-refractivity contribution in [1.29, 1.82) is 0 Å². The van der Waals surface area contributed by atoms with Crippen LogP contribution in [0.2, 0.25) is 5.02 Å². The Kier molecular flexibility index (Phi) is 6.93. The first-order valence-corrected chi connectivity index (χ1v) is 12.3. The van der Waals surface area contributed by atoms with Crippen LogP contribution in [0.3, 0.4) is 0 Å². The lowest BCUT2D eigenvalue weighted by molar-refractivity contribution is -0.113. The van der Waals surface area contributed by atoms with E-state index in [1.807, 2.05) is 47.2 Å². The average Bonchev–Trinajstić information content (AvgIpc) is 3.41. The monoisotopic (exact) mass is 483 g/mol. The van der Waals surface area contributed by atoms with Crippen molar-refractivity contribution in [1.82, 2.24) is 19.7 Å². The second-order valence-electron chi connectivity index (χ2n) is 7.23. The van der Waals surface area contributed by atoms with Gasteiger partial charge < -0.3 is 9.88 Å². The molecule has 4 aromatic rings. The number of anilines is 1. The Labute approximate surface area is 200 Å². The number of carbonyl (C=O) groups is 1. The molecule has 0 bridgehead atoms. The number of amides is 1. The maximum Gasteiger partial charge on any atom is 0.236 e. The Morgan fingerprint density at radius 1 is 1.12 bits per heavy atom. The Morgan fingerprint density at radius 3 is 2.72 bits per heavy atom. The molecule has 1 N–H and O–H groups in total. The van der Waals surface area contributed by atoms with Crippen molar-refractivity contribution in [2.75, 3.05) is 11.1 Å². The summed E-state index contributed by atoms with van der Waals surface area (Å²) < 4.78 is 1.98. The molecule has 4 rings (SSSR count). The van der Waals surface area contributed by atoms with Crippen LogP contribution in [0.25, 0.3) is 22.6 Å². The highest BCUT2D eigenvalue weighted by molar-refractivity contribution is 7.99. The summed E-state index contributed by atoms with van der Waals surface area (Å²) >= 11 is 8.88. The summed E-state index contributed by atoms with van der Waals surface area (Å²) in [5.74, 6) is 0.813. The van der Waals surface area contributed by atoms with Gasteiger partial charge in [-0.3, -0.25) is 4.79 Å². The van der Waals surface area contributed by atoms with Gasteiger partial charge in [-0.15, -0.1) is 21.5 Å². The largest absolute Gasteiger partial charge is 0.302 e. The van der Waals surface area contributed by atoms with Crippen LogP contribution in [0, 0.1) is 13.8 Å². The highest BCUT2D eigenvalue weighted by Crippen LogP contribution is 2.28. The van der Waals surface area contributed by atoms with Gasteiger partial charge in [-0.05, 0) is 50.1 Å². The summed E-state index contributed by atoms with van der Waals surface area (Å²) in [5, 5.41) is 15.3. The smallest absolute Gasteiger partial charge is 0.236 e. The van der Waals surface area contributed by atoms with E-state index in [2.05, 4.69) is 46.5 Å². The van der Waals surface area contributed by atoms with Crippen LogP contribution >= 0.6 is 34.7 Å². The number of rotatable bonds is 7. The van der Waals surface area contributed by atoms with Gasteiger partial charge in [0.15, 0.2) is 16.1 Å². The molecule has 2 heterocycles.